The summed E-state index contributed by atoms with van der Waals surface area (Å²) >= 11 is 0. The monoisotopic (exact) mass is 1050 g/mol. The molecule has 2 amide bonds. The first-order chi connectivity index (χ1) is 36.5. The van der Waals surface area contributed by atoms with Crippen molar-refractivity contribution in [1.29, 1.82) is 0 Å². The zero-order valence-corrected chi connectivity index (χ0v) is 45.1. The van der Waals surface area contributed by atoms with Crippen molar-refractivity contribution in [2.75, 3.05) is 13.1 Å². The lowest BCUT2D eigenvalue weighted by atomic mass is 9.98. The molecular weight excluding hydrogens is 973 g/mol. The molecule has 12 heteroatoms. The number of nitrogens with one attached hydrogen (secondary N) is 2. The maximum atomic E-state index is 14.3. The Balaban J connectivity index is 0.875. The Morgan fingerprint density at radius 2 is 0.693 bits per heavy atom. The van der Waals surface area contributed by atoms with Crippen LogP contribution in [0.15, 0.2) is 180 Å². The van der Waals surface area contributed by atoms with Gasteiger partial charge in [0, 0.05) is 25.2 Å². The molecule has 0 radical (unpaired) electrons. The summed E-state index contributed by atoms with van der Waals surface area (Å²) in [4.78, 5) is 28.6. The van der Waals surface area contributed by atoms with Crippen molar-refractivity contribution in [3.63, 3.8) is 0 Å². The van der Waals surface area contributed by atoms with Gasteiger partial charge in [-0.1, -0.05) is 158 Å². The highest BCUT2D eigenvalue weighted by Gasteiger charge is 2.40. The first-order valence-corrected chi connectivity index (χ1v) is 30.4. The van der Waals surface area contributed by atoms with Gasteiger partial charge in [-0.2, -0.15) is 8.61 Å². The van der Waals surface area contributed by atoms with Crippen LogP contribution in [0.25, 0.3) is 0 Å². The van der Waals surface area contributed by atoms with Crippen molar-refractivity contribution < 1.29 is 26.4 Å². The van der Waals surface area contributed by atoms with E-state index in [2.05, 4.69) is 59.2 Å². The van der Waals surface area contributed by atoms with Gasteiger partial charge in [0.05, 0.1) is 9.79 Å². The largest absolute Gasteiger partial charge is 0.352 e. The SMILES string of the molecule is O=C(NC(CCCc1ccccc1)CCCc1ccccc1)C1CCCCN1S(=O)(=O)c1ccc(Cc2ccc(S(=O)(=O)N3CCCCC3C(=O)NC(CCCc3ccccc3)CCCc3ccccc3)cc2)cc1. The molecule has 2 aliphatic heterocycles. The molecule has 2 atom stereocenters. The number of carbonyl (C=O) groups is 2. The molecule has 2 heterocycles. The molecule has 0 spiro atoms. The van der Waals surface area contributed by atoms with Gasteiger partial charge in [-0.15, -0.1) is 0 Å². The number of aryl methyl sites for hydroxylation is 4. The molecule has 6 aromatic rings. The van der Waals surface area contributed by atoms with Crippen molar-refractivity contribution in [2.24, 2.45) is 0 Å². The van der Waals surface area contributed by atoms with E-state index < -0.39 is 32.1 Å². The molecule has 6 aromatic carbocycles. The van der Waals surface area contributed by atoms with Gasteiger partial charge in [-0.25, -0.2) is 16.8 Å². The van der Waals surface area contributed by atoms with Crippen LogP contribution in [0.4, 0.5) is 0 Å². The number of hydrogen-bond donors (Lipinski definition) is 2. The van der Waals surface area contributed by atoms with E-state index in [1.165, 1.54) is 30.9 Å². The van der Waals surface area contributed by atoms with E-state index in [-0.39, 0.29) is 46.8 Å². The normalized spacial score (nSPS) is 16.7. The van der Waals surface area contributed by atoms with E-state index in [9.17, 15) is 26.4 Å². The van der Waals surface area contributed by atoms with Crippen molar-refractivity contribution in [3.8, 4) is 0 Å². The van der Waals surface area contributed by atoms with Crippen LogP contribution in [0, 0.1) is 0 Å². The van der Waals surface area contributed by atoms with Gasteiger partial charge in [0.15, 0.2) is 0 Å². The summed E-state index contributed by atoms with van der Waals surface area (Å²) in [7, 11) is -7.99. The fourth-order valence-corrected chi connectivity index (χ4v) is 14.2. The molecule has 8 rings (SSSR count). The maximum absolute atomic E-state index is 14.3. The van der Waals surface area contributed by atoms with E-state index in [1.807, 2.05) is 72.8 Å². The Kier molecular flexibility index (Phi) is 20.5. The highest BCUT2D eigenvalue weighted by Crippen LogP contribution is 2.29. The lowest BCUT2D eigenvalue weighted by molar-refractivity contribution is -0.127. The Hall–Kier alpha value is -5.92. The molecule has 75 heavy (non-hydrogen) atoms. The number of carbonyl (C=O) groups excluding carboxylic acids is 2. The summed E-state index contributed by atoms with van der Waals surface area (Å²) in [6.45, 7) is 0.551. The Labute approximate surface area is 447 Å². The first-order valence-electron chi connectivity index (χ1n) is 27.5. The predicted octanol–water partition coefficient (Wildman–Crippen LogP) is 11.4. The second-order valence-corrected chi connectivity index (χ2v) is 24.4. The molecule has 0 saturated carbocycles. The van der Waals surface area contributed by atoms with Crippen molar-refractivity contribution >= 4 is 31.9 Å². The molecule has 0 aromatic heterocycles. The molecule has 0 aliphatic carbocycles. The summed E-state index contributed by atoms with van der Waals surface area (Å²) in [5.41, 5.74) is 6.77. The van der Waals surface area contributed by atoms with Crippen LogP contribution in [-0.4, -0.2) is 74.5 Å². The van der Waals surface area contributed by atoms with Crippen LogP contribution >= 0.6 is 0 Å². The molecule has 0 bridgehead atoms. The van der Waals surface area contributed by atoms with Crippen molar-refractivity contribution in [3.05, 3.63) is 203 Å². The van der Waals surface area contributed by atoms with E-state index in [1.54, 1.807) is 48.5 Å². The third-order valence-corrected chi connectivity index (χ3v) is 19.0. The van der Waals surface area contributed by atoms with Crippen LogP contribution in [-0.2, 0) is 61.7 Å². The highest BCUT2D eigenvalue weighted by atomic mass is 32.2. The number of nitrogens with zero attached hydrogens (tertiary/aromatic N) is 2. The average Bonchev–Trinajstić information content (AvgIpc) is 3.44. The van der Waals surface area contributed by atoms with Gasteiger partial charge in [0.25, 0.3) is 0 Å². The number of rotatable bonds is 26. The number of amides is 2. The van der Waals surface area contributed by atoms with E-state index in [4.69, 9.17) is 0 Å². The van der Waals surface area contributed by atoms with Gasteiger partial charge in [0.1, 0.15) is 12.1 Å². The predicted molar refractivity (Wildman–Crippen MR) is 300 cm³/mol. The van der Waals surface area contributed by atoms with E-state index >= 15 is 0 Å². The fraction of sp³-hybridized carbons (Fsp3) is 0.397. The maximum Gasteiger partial charge on any atom is 0.243 e. The standard InChI is InChI=1S/C63H76N4O6S2/c68-62(64-56(33-17-29-50-21-5-1-6-22-50)34-18-30-51-23-7-2-8-24-51)60-37-13-15-47-66(60)74(70,71)58-43-39-54(40-44-58)49-55-41-45-59(46-42-55)75(72,73)67-48-16-14-38-61(67)63(69)65-57(35-19-31-52-25-9-3-10-26-52)36-20-32-53-27-11-4-12-28-53/h1-12,21-28,39-46,56-57,60-61H,13-20,29-38,47-49H2,(H,64,68)(H,65,69). The number of sulfonamides is 2. The summed E-state index contributed by atoms with van der Waals surface area (Å²) in [6, 6.07) is 53.3. The minimum Gasteiger partial charge on any atom is -0.352 e. The van der Waals surface area contributed by atoms with Gasteiger partial charge in [-0.3, -0.25) is 9.59 Å². The number of benzene rings is 6. The van der Waals surface area contributed by atoms with Crippen molar-refractivity contribution in [1.82, 2.24) is 19.2 Å². The minimum atomic E-state index is -4.00. The zero-order valence-electron chi connectivity index (χ0n) is 43.5. The van der Waals surface area contributed by atoms with Crippen LogP contribution in [0.5, 0.6) is 0 Å². The van der Waals surface area contributed by atoms with Crippen LogP contribution in [0.1, 0.15) is 123 Å². The van der Waals surface area contributed by atoms with Crippen LogP contribution < -0.4 is 10.6 Å². The van der Waals surface area contributed by atoms with Gasteiger partial charge < -0.3 is 10.6 Å². The van der Waals surface area contributed by atoms with Gasteiger partial charge >= 0.3 is 0 Å². The first kappa shape index (κ1) is 55.3. The van der Waals surface area contributed by atoms with Crippen molar-refractivity contribution in [2.45, 2.75) is 156 Å². The fourth-order valence-electron chi connectivity index (χ4n) is 10.9. The second kappa shape index (κ2) is 27.7. The van der Waals surface area contributed by atoms with E-state index in [0.717, 1.165) is 101 Å². The minimum absolute atomic E-state index is 0.0718. The van der Waals surface area contributed by atoms with Crippen LogP contribution in [0.3, 0.4) is 0 Å². The molecule has 2 aliphatic rings. The summed E-state index contributed by atoms with van der Waals surface area (Å²) < 4.78 is 60.2. The summed E-state index contributed by atoms with van der Waals surface area (Å²) in [5, 5.41) is 6.62. The Morgan fingerprint density at radius 3 is 0.987 bits per heavy atom. The van der Waals surface area contributed by atoms with E-state index in [0.29, 0.717) is 32.1 Å². The number of piperidine rings is 2. The van der Waals surface area contributed by atoms with Crippen LogP contribution in [0.2, 0.25) is 0 Å². The zero-order chi connectivity index (χ0) is 52.3. The third-order valence-electron chi connectivity index (χ3n) is 15.1. The Bertz CT molecular complexity index is 2620. The lowest BCUT2D eigenvalue weighted by Gasteiger charge is -2.34. The molecule has 2 N–H and O–H groups in total. The number of hydrogen-bond acceptors (Lipinski definition) is 6. The average molecular weight is 1050 g/mol. The Morgan fingerprint density at radius 1 is 0.400 bits per heavy atom. The molecule has 2 unspecified atom stereocenters. The molecule has 2 saturated heterocycles. The summed E-state index contributed by atoms with van der Waals surface area (Å²) in [5.74, 6) is -0.458. The third kappa shape index (κ3) is 16.1. The van der Waals surface area contributed by atoms with Gasteiger partial charge in [-0.05, 0) is 167 Å². The molecule has 2 fully saturated rings. The molecular formula is C63H76N4O6S2. The lowest BCUT2D eigenvalue weighted by Crippen LogP contribution is -2.53. The highest BCUT2D eigenvalue weighted by molar-refractivity contribution is 7.89. The van der Waals surface area contributed by atoms with Gasteiger partial charge in [0.2, 0.25) is 31.9 Å². The molecule has 10 nitrogen and oxygen atoms in total. The second-order valence-electron chi connectivity index (χ2n) is 20.6. The smallest absolute Gasteiger partial charge is 0.243 e. The summed E-state index contributed by atoms with van der Waals surface area (Å²) in [6.07, 6.45) is 14.8. The topological polar surface area (TPSA) is 133 Å². The molecule has 396 valence electrons. The quantitative estimate of drug-likeness (QED) is 0.0556.